The SMILES string of the molecule is NC(Cc1ccc(COc2c(Cl)cccc2Cl)o1)C(=O)O. The Labute approximate surface area is 131 Å². The minimum atomic E-state index is -1.08. The molecule has 0 saturated heterocycles. The highest BCUT2D eigenvalue weighted by Gasteiger charge is 2.15. The lowest BCUT2D eigenvalue weighted by atomic mass is 10.2. The first-order chi connectivity index (χ1) is 9.97. The Morgan fingerprint density at radius 3 is 2.48 bits per heavy atom. The number of hydrogen-bond acceptors (Lipinski definition) is 4. The van der Waals surface area contributed by atoms with Gasteiger partial charge in [0.25, 0.3) is 0 Å². The van der Waals surface area contributed by atoms with E-state index in [4.69, 9.17) is 43.2 Å². The standard InChI is InChI=1S/C14H13Cl2NO4/c15-10-2-1-3-11(16)13(10)20-7-9-5-4-8(21-9)6-12(17)14(18)19/h1-5,12H,6-7,17H2,(H,18,19). The number of benzene rings is 1. The molecule has 1 aromatic heterocycles. The van der Waals surface area contributed by atoms with Gasteiger partial charge >= 0.3 is 5.97 Å². The van der Waals surface area contributed by atoms with Crippen LogP contribution in [0.3, 0.4) is 0 Å². The molecule has 2 aromatic rings. The van der Waals surface area contributed by atoms with E-state index in [1.807, 2.05) is 0 Å². The summed E-state index contributed by atoms with van der Waals surface area (Å²) >= 11 is 12.0. The van der Waals surface area contributed by atoms with Crippen LogP contribution in [0.1, 0.15) is 11.5 Å². The summed E-state index contributed by atoms with van der Waals surface area (Å²) in [5, 5.41) is 9.55. The fourth-order valence-electron chi connectivity index (χ4n) is 1.68. The van der Waals surface area contributed by atoms with E-state index < -0.39 is 12.0 Å². The van der Waals surface area contributed by atoms with Crippen molar-refractivity contribution in [1.82, 2.24) is 0 Å². The van der Waals surface area contributed by atoms with E-state index in [9.17, 15) is 4.79 Å². The molecule has 3 N–H and O–H groups in total. The van der Waals surface area contributed by atoms with Crippen molar-refractivity contribution in [3.05, 3.63) is 51.9 Å². The van der Waals surface area contributed by atoms with Crippen molar-refractivity contribution in [1.29, 1.82) is 0 Å². The van der Waals surface area contributed by atoms with E-state index in [0.717, 1.165) is 0 Å². The van der Waals surface area contributed by atoms with E-state index in [1.54, 1.807) is 30.3 Å². The highest BCUT2D eigenvalue weighted by molar-refractivity contribution is 6.37. The number of rotatable bonds is 6. The average molecular weight is 330 g/mol. The molecule has 1 aromatic carbocycles. The van der Waals surface area contributed by atoms with Gasteiger partial charge in [-0.15, -0.1) is 0 Å². The molecule has 0 saturated carbocycles. The minimum absolute atomic E-state index is 0.113. The predicted octanol–water partition coefficient (Wildman–Crippen LogP) is 3.12. The zero-order valence-electron chi connectivity index (χ0n) is 10.9. The lowest BCUT2D eigenvalue weighted by molar-refractivity contribution is -0.138. The molecular weight excluding hydrogens is 317 g/mol. The third-order valence-electron chi connectivity index (χ3n) is 2.73. The molecule has 7 heteroatoms. The van der Waals surface area contributed by atoms with Gasteiger partial charge in [0.2, 0.25) is 0 Å². The van der Waals surface area contributed by atoms with Gasteiger partial charge in [-0.3, -0.25) is 4.79 Å². The molecule has 0 spiro atoms. The number of carboxylic acids is 1. The van der Waals surface area contributed by atoms with Gasteiger partial charge in [-0.2, -0.15) is 0 Å². The second-order valence-electron chi connectivity index (χ2n) is 4.36. The molecule has 0 amide bonds. The molecule has 0 radical (unpaired) electrons. The highest BCUT2D eigenvalue weighted by atomic mass is 35.5. The average Bonchev–Trinajstić information content (AvgIpc) is 2.85. The van der Waals surface area contributed by atoms with Crippen LogP contribution in [0.2, 0.25) is 10.0 Å². The summed E-state index contributed by atoms with van der Waals surface area (Å²) in [6, 6.07) is 7.41. The van der Waals surface area contributed by atoms with E-state index >= 15 is 0 Å². The third-order valence-corrected chi connectivity index (χ3v) is 3.33. The zero-order chi connectivity index (χ0) is 15.4. The highest BCUT2D eigenvalue weighted by Crippen LogP contribution is 2.33. The van der Waals surface area contributed by atoms with E-state index in [1.165, 1.54) is 0 Å². The van der Waals surface area contributed by atoms with Gasteiger partial charge in [-0.05, 0) is 24.3 Å². The Balaban J connectivity index is 1.98. The molecule has 0 bridgehead atoms. The van der Waals surface area contributed by atoms with Crippen LogP contribution in [-0.4, -0.2) is 17.1 Å². The van der Waals surface area contributed by atoms with Crippen LogP contribution in [0.5, 0.6) is 5.75 Å². The number of para-hydroxylation sites is 1. The maximum absolute atomic E-state index is 10.7. The fourth-order valence-corrected chi connectivity index (χ4v) is 2.18. The monoisotopic (exact) mass is 329 g/mol. The van der Waals surface area contributed by atoms with Crippen molar-refractivity contribution >= 4 is 29.2 Å². The van der Waals surface area contributed by atoms with Crippen LogP contribution >= 0.6 is 23.2 Å². The van der Waals surface area contributed by atoms with Gasteiger partial charge in [0, 0.05) is 6.42 Å². The van der Waals surface area contributed by atoms with E-state index in [-0.39, 0.29) is 13.0 Å². The first kappa shape index (κ1) is 15.7. The van der Waals surface area contributed by atoms with Crippen LogP contribution in [0, 0.1) is 0 Å². The van der Waals surface area contributed by atoms with Crippen molar-refractivity contribution in [2.45, 2.75) is 19.1 Å². The second kappa shape index (κ2) is 6.85. The Bertz CT molecular complexity index is 621. The molecule has 1 unspecified atom stereocenters. The Hall–Kier alpha value is -1.69. The number of carboxylic acid groups (broad SMARTS) is 1. The van der Waals surface area contributed by atoms with Crippen molar-refractivity contribution in [3.8, 4) is 5.75 Å². The number of halogens is 2. The molecule has 0 aliphatic heterocycles. The smallest absolute Gasteiger partial charge is 0.320 e. The first-order valence-corrected chi connectivity index (χ1v) is 6.85. The van der Waals surface area contributed by atoms with Gasteiger partial charge < -0.3 is 20.0 Å². The van der Waals surface area contributed by atoms with Crippen molar-refractivity contribution in [2.75, 3.05) is 0 Å². The molecule has 0 aliphatic carbocycles. The summed E-state index contributed by atoms with van der Waals surface area (Å²) in [7, 11) is 0. The van der Waals surface area contributed by atoms with Crippen molar-refractivity contribution in [2.24, 2.45) is 5.73 Å². The normalized spacial score (nSPS) is 12.1. The van der Waals surface area contributed by atoms with Gasteiger partial charge in [-0.25, -0.2) is 0 Å². The molecular formula is C14H13Cl2NO4. The van der Waals surface area contributed by atoms with Crippen LogP contribution < -0.4 is 10.5 Å². The van der Waals surface area contributed by atoms with Crippen LogP contribution in [0.4, 0.5) is 0 Å². The largest absolute Gasteiger partial charge is 0.483 e. The molecule has 0 fully saturated rings. The number of carbonyl (C=O) groups is 1. The van der Waals surface area contributed by atoms with Gasteiger partial charge in [0.15, 0.2) is 5.75 Å². The number of furan rings is 1. The number of nitrogens with two attached hydrogens (primary N) is 1. The maximum atomic E-state index is 10.7. The summed E-state index contributed by atoms with van der Waals surface area (Å²) in [6.07, 6.45) is 0.113. The molecule has 5 nitrogen and oxygen atoms in total. The van der Waals surface area contributed by atoms with Crippen molar-refractivity contribution in [3.63, 3.8) is 0 Å². The van der Waals surface area contributed by atoms with Crippen LogP contribution in [0.25, 0.3) is 0 Å². The van der Waals surface area contributed by atoms with Gasteiger partial charge in [-0.1, -0.05) is 29.3 Å². The third kappa shape index (κ3) is 4.14. The van der Waals surface area contributed by atoms with Crippen molar-refractivity contribution < 1.29 is 19.1 Å². The molecule has 2 rings (SSSR count). The maximum Gasteiger partial charge on any atom is 0.320 e. The summed E-state index contributed by atoms with van der Waals surface area (Å²) < 4.78 is 11.0. The van der Waals surface area contributed by atoms with E-state index in [0.29, 0.717) is 27.3 Å². The topological polar surface area (TPSA) is 85.7 Å². The van der Waals surface area contributed by atoms with Gasteiger partial charge in [0.1, 0.15) is 24.2 Å². The number of hydrogen-bond donors (Lipinski definition) is 2. The Morgan fingerprint density at radius 2 is 1.86 bits per heavy atom. The molecule has 1 atom stereocenters. The Kier molecular flexibility index (Phi) is 5.12. The molecule has 21 heavy (non-hydrogen) atoms. The lowest BCUT2D eigenvalue weighted by Gasteiger charge is -2.08. The number of ether oxygens (including phenoxy) is 1. The van der Waals surface area contributed by atoms with Gasteiger partial charge in [0.05, 0.1) is 10.0 Å². The number of aliphatic carboxylic acids is 1. The zero-order valence-corrected chi connectivity index (χ0v) is 12.4. The second-order valence-corrected chi connectivity index (χ2v) is 5.17. The van der Waals surface area contributed by atoms with Crippen LogP contribution in [-0.2, 0) is 17.8 Å². The Morgan fingerprint density at radius 1 is 1.24 bits per heavy atom. The van der Waals surface area contributed by atoms with E-state index in [2.05, 4.69) is 0 Å². The summed E-state index contributed by atoms with van der Waals surface area (Å²) in [4.78, 5) is 10.7. The first-order valence-electron chi connectivity index (χ1n) is 6.10. The fraction of sp³-hybridized carbons (Fsp3) is 0.214. The molecule has 0 aliphatic rings. The summed E-state index contributed by atoms with van der Waals surface area (Å²) in [6.45, 7) is 0.131. The van der Waals surface area contributed by atoms with Crippen LogP contribution in [0.15, 0.2) is 34.7 Å². The minimum Gasteiger partial charge on any atom is -0.483 e. The molecule has 1 heterocycles. The summed E-state index contributed by atoms with van der Waals surface area (Å²) in [5.74, 6) is 0.306. The molecule has 112 valence electrons. The lowest BCUT2D eigenvalue weighted by Crippen LogP contribution is -2.32. The predicted molar refractivity (Wildman–Crippen MR) is 78.8 cm³/mol. The summed E-state index contributed by atoms with van der Waals surface area (Å²) in [5.41, 5.74) is 5.44. The quantitative estimate of drug-likeness (QED) is 0.850.